The molecule has 0 fully saturated rings. The fourth-order valence-electron chi connectivity index (χ4n) is 1.61. The van der Waals surface area contributed by atoms with E-state index in [0.29, 0.717) is 5.75 Å². The van der Waals surface area contributed by atoms with E-state index >= 15 is 0 Å². The van der Waals surface area contributed by atoms with E-state index in [2.05, 4.69) is 10.3 Å². The molecule has 0 saturated carbocycles. The Morgan fingerprint density at radius 1 is 1.06 bits per heavy atom. The summed E-state index contributed by atoms with van der Waals surface area (Å²) in [5.41, 5.74) is 2.27. The van der Waals surface area contributed by atoms with Crippen LogP contribution in [-0.4, -0.2) is 16.6 Å². The topological polar surface area (TPSA) is 45.1 Å². The molecule has 0 amide bonds. The Morgan fingerprint density at radius 2 is 1.88 bits per heavy atom. The fraction of sp³-hybridized carbons (Fsp3) is 0.214. The summed E-state index contributed by atoms with van der Waals surface area (Å²) in [7, 11) is 0. The molecule has 0 saturated heterocycles. The third-order valence-corrected chi connectivity index (χ3v) is 2.55. The molecule has 3 heteroatoms. The largest absolute Gasteiger partial charge is 0.508 e. The molecule has 0 bridgehead atoms. The molecule has 2 aromatic rings. The molecule has 2 rings (SSSR count). The van der Waals surface area contributed by atoms with Gasteiger partial charge in [0.15, 0.2) is 0 Å². The number of nitrogens with zero attached hydrogens (tertiary/aromatic N) is 1. The Bertz CT molecular complexity index is 440. The van der Waals surface area contributed by atoms with Gasteiger partial charge < -0.3 is 10.4 Å². The molecule has 1 aromatic carbocycles. The molecule has 0 unspecified atom stereocenters. The standard InChI is InChI=1S/C14H16N2O/c17-14-6-4-12(5-7-14)11-15-10-8-13-3-1-2-9-16-13/h1-7,9,15,17H,8,10-11H2. The molecule has 1 heterocycles. The van der Waals surface area contributed by atoms with Crippen molar-refractivity contribution in [2.75, 3.05) is 6.54 Å². The van der Waals surface area contributed by atoms with Gasteiger partial charge in [-0.05, 0) is 29.8 Å². The normalized spacial score (nSPS) is 10.4. The van der Waals surface area contributed by atoms with Crippen molar-refractivity contribution in [3.63, 3.8) is 0 Å². The Balaban J connectivity index is 1.71. The summed E-state index contributed by atoms with van der Waals surface area (Å²) < 4.78 is 0. The van der Waals surface area contributed by atoms with Gasteiger partial charge in [0.2, 0.25) is 0 Å². The number of phenols is 1. The zero-order chi connectivity index (χ0) is 11.9. The Morgan fingerprint density at radius 3 is 2.59 bits per heavy atom. The fourth-order valence-corrected chi connectivity index (χ4v) is 1.61. The molecular weight excluding hydrogens is 212 g/mol. The molecule has 0 radical (unpaired) electrons. The van der Waals surface area contributed by atoms with Crippen molar-refractivity contribution in [1.29, 1.82) is 0 Å². The summed E-state index contributed by atoms with van der Waals surface area (Å²) >= 11 is 0. The van der Waals surface area contributed by atoms with Crippen LogP contribution in [0.3, 0.4) is 0 Å². The predicted molar refractivity (Wildman–Crippen MR) is 67.8 cm³/mol. The predicted octanol–water partition coefficient (Wildman–Crippen LogP) is 2.12. The first-order valence-corrected chi connectivity index (χ1v) is 5.73. The first-order chi connectivity index (χ1) is 8.34. The summed E-state index contributed by atoms with van der Waals surface area (Å²) in [6.07, 6.45) is 2.74. The maximum atomic E-state index is 9.15. The average molecular weight is 228 g/mol. The zero-order valence-electron chi connectivity index (χ0n) is 9.63. The van der Waals surface area contributed by atoms with E-state index in [-0.39, 0.29) is 0 Å². The van der Waals surface area contributed by atoms with Crippen LogP contribution in [0.1, 0.15) is 11.3 Å². The lowest BCUT2D eigenvalue weighted by Gasteiger charge is -2.04. The van der Waals surface area contributed by atoms with E-state index in [4.69, 9.17) is 5.11 Å². The minimum Gasteiger partial charge on any atom is -0.508 e. The summed E-state index contributed by atoms with van der Waals surface area (Å²) in [6.45, 7) is 1.71. The van der Waals surface area contributed by atoms with Crippen LogP contribution in [0.4, 0.5) is 0 Å². The van der Waals surface area contributed by atoms with Gasteiger partial charge in [-0.1, -0.05) is 18.2 Å². The number of nitrogens with one attached hydrogen (secondary N) is 1. The van der Waals surface area contributed by atoms with Gasteiger partial charge in [0.05, 0.1) is 0 Å². The molecule has 1 aromatic heterocycles. The quantitative estimate of drug-likeness (QED) is 0.770. The summed E-state index contributed by atoms with van der Waals surface area (Å²) in [6, 6.07) is 13.2. The van der Waals surface area contributed by atoms with Gasteiger partial charge >= 0.3 is 0 Å². The highest BCUT2D eigenvalue weighted by atomic mass is 16.3. The second-order valence-electron chi connectivity index (χ2n) is 3.91. The van der Waals surface area contributed by atoms with E-state index in [1.54, 1.807) is 12.1 Å². The smallest absolute Gasteiger partial charge is 0.115 e. The molecule has 0 spiro atoms. The second-order valence-corrected chi connectivity index (χ2v) is 3.91. The highest BCUT2D eigenvalue weighted by molar-refractivity contribution is 5.25. The van der Waals surface area contributed by atoms with Crippen LogP contribution in [0.5, 0.6) is 5.75 Å². The second kappa shape index (κ2) is 6.01. The Labute approximate surface area is 101 Å². The number of hydrogen-bond donors (Lipinski definition) is 2. The van der Waals surface area contributed by atoms with Crippen molar-refractivity contribution in [3.8, 4) is 5.75 Å². The minimum absolute atomic E-state index is 0.308. The summed E-state index contributed by atoms with van der Waals surface area (Å²) in [4.78, 5) is 4.26. The third-order valence-electron chi connectivity index (χ3n) is 2.55. The van der Waals surface area contributed by atoms with Gasteiger partial charge in [-0.15, -0.1) is 0 Å². The molecule has 2 N–H and O–H groups in total. The molecule has 88 valence electrons. The number of aromatic nitrogens is 1. The van der Waals surface area contributed by atoms with Crippen molar-refractivity contribution in [2.24, 2.45) is 0 Å². The number of pyridine rings is 1. The average Bonchev–Trinajstić information content (AvgIpc) is 2.38. The van der Waals surface area contributed by atoms with Gasteiger partial charge in [0.25, 0.3) is 0 Å². The zero-order valence-corrected chi connectivity index (χ0v) is 9.63. The molecule has 17 heavy (non-hydrogen) atoms. The van der Waals surface area contributed by atoms with E-state index < -0.39 is 0 Å². The van der Waals surface area contributed by atoms with Gasteiger partial charge in [0.1, 0.15) is 5.75 Å². The first kappa shape index (κ1) is 11.6. The number of phenolic OH excluding ortho intramolecular Hbond substituents is 1. The lowest BCUT2D eigenvalue weighted by atomic mass is 10.2. The number of aromatic hydroxyl groups is 1. The van der Waals surface area contributed by atoms with Crippen LogP contribution in [0.25, 0.3) is 0 Å². The van der Waals surface area contributed by atoms with Crippen molar-refractivity contribution in [3.05, 3.63) is 59.9 Å². The molecule has 0 atom stereocenters. The van der Waals surface area contributed by atoms with Crippen LogP contribution in [0, 0.1) is 0 Å². The van der Waals surface area contributed by atoms with Crippen LogP contribution < -0.4 is 5.32 Å². The van der Waals surface area contributed by atoms with Crippen molar-refractivity contribution < 1.29 is 5.11 Å². The number of rotatable bonds is 5. The van der Waals surface area contributed by atoms with Gasteiger partial charge in [0, 0.05) is 31.4 Å². The van der Waals surface area contributed by atoms with Crippen LogP contribution >= 0.6 is 0 Å². The van der Waals surface area contributed by atoms with Crippen molar-refractivity contribution >= 4 is 0 Å². The minimum atomic E-state index is 0.308. The molecular formula is C14H16N2O. The lowest BCUT2D eigenvalue weighted by Crippen LogP contribution is -2.16. The van der Waals surface area contributed by atoms with Crippen LogP contribution in [0.15, 0.2) is 48.7 Å². The van der Waals surface area contributed by atoms with E-state index in [1.807, 2.05) is 36.5 Å². The van der Waals surface area contributed by atoms with Crippen LogP contribution in [-0.2, 0) is 13.0 Å². The first-order valence-electron chi connectivity index (χ1n) is 5.73. The third kappa shape index (κ3) is 3.89. The molecule has 0 aliphatic rings. The number of hydrogen-bond acceptors (Lipinski definition) is 3. The molecule has 3 nitrogen and oxygen atoms in total. The summed E-state index contributed by atoms with van der Waals surface area (Å²) in [5, 5.41) is 12.5. The van der Waals surface area contributed by atoms with E-state index in [1.165, 1.54) is 5.56 Å². The van der Waals surface area contributed by atoms with Crippen molar-refractivity contribution in [2.45, 2.75) is 13.0 Å². The van der Waals surface area contributed by atoms with Crippen LogP contribution in [0.2, 0.25) is 0 Å². The number of benzene rings is 1. The van der Waals surface area contributed by atoms with E-state index in [0.717, 1.165) is 25.2 Å². The Hall–Kier alpha value is -1.87. The van der Waals surface area contributed by atoms with Gasteiger partial charge in [-0.25, -0.2) is 0 Å². The molecule has 0 aliphatic carbocycles. The lowest BCUT2D eigenvalue weighted by molar-refractivity contribution is 0.475. The summed E-state index contributed by atoms with van der Waals surface area (Å²) in [5.74, 6) is 0.308. The highest BCUT2D eigenvalue weighted by Gasteiger charge is 1.95. The maximum Gasteiger partial charge on any atom is 0.115 e. The van der Waals surface area contributed by atoms with Crippen molar-refractivity contribution in [1.82, 2.24) is 10.3 Å². The van der Waals surface area contributed by atoms with E-state index in [9.17, 15) is 0 Å². The maximum absolute atomic E-state index is 9.15. The Kier molecular flexibility index (Phi) is 4.11. The monoisotopic (exact) mass is 228 g/mol. The highest BCUT2D eigenvalue weighted by Crippen LogP contribution is 2.09. The molecule has 0 aliphatic heterocycles. The SMILES string of the molecule is Oc1ccc(CNCCc2ccccn2)cc1. The van der Waals surface area contributed by atoms with Gasteiger partial charge in [-0.2, -0.15) is 0 Å². The van der Waals surface area contributed by atoms with Gasteiger partial charge in [-0.3, -0.25) is 4.98 Å².